The Labute approximate surface area is 121 Å². The van der Waals surface area contributed by atoms with Gasteiger partial charge in [0, 0.05) is 19.1 Å². The molecule has 0 bridgehead atoms. The first-order valence-electron chi connectivity index (χ1n) is 8.75. The topological polar surface area (TPSA) is 29.3 Å². The summed E-state index contributed by atoms with van der Waals surface area (Å²) in [5.74, 6) is 0.989. The Balaban J connectivity index is 2.05. The molecule has 114 valence electrons. The Morgan fingerprint density at radius 1 is 1.00 bits per heavy atom. The Hall–Kier alpha value is -0.0800. The third-order valence-electron chi connectivity index (χ3n) is 4.53. The summed E-state index contributed by atoms with van der Waals surface area (Å²) in [7, 11) is 0. The third kappa shape index (κ3) is 7.94. The minimum atomic E-state index is 0.640. The van der Waals surface area contributed by atoms with Crippen LogP contribution in [0.25, 0.3) is 0 Å². The van der Waals surface area contributed by atoms with E-state index in [2.05, 4.69) is 18.7 Å². The lowest BCUT2D eigenvalue weighted by Crippen LogP contribution is -2.41. The van der Waals surface area contributed by atoms with E-state index in [0.29, 0.717) is 6.04 Å². The Bertz CT molecular complexity index is 201. The normalized spacial score (nSPS) is 17.1. The molecule has 1 rings (SSSR count). The van der Waals surface area contributed by atoms with E-state index in [4.69, 9.17) is 5.73 Å². The number of nitrogens with two attached hydrogens (primary N) is 1. The highest BCUT2D eigenvalue weighted by Crippen LogP contribution is 2.30. The summed E-state index contributed by atoms with van der Waals surface area (Å²) >= 11 is 0. The molecule has 2 nitrogen and oxygen atoms in total. The van der Waals surface area contributed by atoms with E-state index in [1.165, 1.54) is 77.3 Å². The summed E-state index contributed by atoms with van der Waals surface area (Å²) < 4.78 is 0. The second-order valence-electron chi connectivity index (χ2n) is 6.33. The van der Waals surface area contributed by atoms with E-state index < -0.39 is 0 Å². The molecule has 0 aliphatic heterocycles. The van der Waals surface area contributed by atoms with Gasteiger partial charge in [-0.25, -0.2) is 0 Å². The Morgan fingerprint density at radius 3 is 2.16 bits per heavy atom. The van der Waals surface area contributed by atoms with Crippen molar-refractivity contribution in [3.63, 3.8) is 0 Å². The van der Waals surface area contributed by atoms with Gasteiger partial charge < -0.3 is 5.73 Å². The second kappa shape index (κ2) is 10.7. The molecule has 0 aromatic rings. The average Bonchev–Trinajstić information content (AvgIpc) is 3.24. The number of unbranched alkanes of at least 4 members (excludes halogenated alkanes) is 6. The predicted molar refractivity (Wildman–Crippen MR) is 85.4 cm³/mol. The highest BCUT2D eigenvalue weighted by molar-refractivity contribution is 4.81. The Morgan fingerprint density at radius 2 is 1.63 bits per heavy atom. The van der Waals surface area contributed by atoms with Crippen molar-refractivity contribution in [3.05, 3.63) is 0 Å². The monoisotopic (exact) mass is 268 g/mol. The third-order valence-corrected chi connectivity index (χ3v) is 4.53. The summed E-state index contributed by atoms with van der Waals surface area (Å²) in [5.41, 5.74) is 5.98. The van der Waals surface area contributed by atoms with Crippen molar-refractivity contribution < 1.29 is 0 Å². The Kier molecular flexibility index (Phi) is 9.54. The molecular formula is C17H36N2. The van der Waals surface area contributed by atoms with Crippen molar-refractivity contribution in [2.24, 2.45) is 11.7 Å². The molecule has 0 radical (unpaired) electrons. The molecule has 2 heteroatoms. The number of nitrogens with zero attached hydrogens (tertiary/aromatic N) is 1. The maximum Gasteiger partial charge on any atom is 0.0218 e. The van der Waals surface area contributed by atoms with Crippen LogP contribution in [-0.2, 0) is 0 Å². The maximum absolute atomic E-state index is 5.98. The van der Waals surface area contributed by atoms with Crippen molar-refractivity contribution in [2.75, 3.05) is 19.6 Å². The molecule has 0 aromatic carbocycles. The maximum atomic E-state index is 5.98. The van der Waals surface area contributed by atoms with Crippen molar-refractivity contribution in [3.8, 4) is 0 Å². The predicted octanol–water partition coefficient (Wildman–Crippen LogP) is 4.19. The minimum absolute atomic E-state index is 0.640. The summed E-state index contributed by atoms with van der Waals surface area (Å²) in [6.45, 7) is 7.89. The van der Waals surface area contributed by atoms with Crippen LogP contribution in [0.15, 0.2) is 0 Å². The zero-order valence-electron chi connectivity index (χ0n) is 13.4. The van der Waals surface area contributed by atoms with Gasteiger partial charge in [0.05, 0.1) is 0 Å². The first-order chi connectivity index (χ1) is 9.31. The smallest absolute Gasteiger partial charge is 0.0218 e. The van der Waals surface area contributed by atoms with Gasteiger partial charge in [-0.2, -0.15) is 0 Å². The molecule has 1 saturated carbocycles. The van der Waals surface area contributed by atoms with Gasteiger partial charge in [-0.1, -0.05) is 58.8 Å². The van der Waals surface area contributed by atoms with Crippen LogP contribution in [0.3, 0.4) is 0 Å². The van der Waals surface area contributed by atoms with Crippen LogP contribution in [0, 0.1) is 5.92 Å². The fourth-order valence-electron chi connectivity index (χ4n) is 2.96. The highest BCUT2D eigenvalue weighted by Gasteiger charge is 2.26. The van der Waals surface area contributed by atoms with Crippen LogP contribution >= 0.6 is 0 Å². The van der Waals surface area contributed by atoms with Gasteiger partial charge in [0.15, 0.2) is 0 Å². The molecule has 0 saturated heterocycles. The number of hydrogen-bond acceptors (Lipinski definition) is 2. The molecule has 0 amide bonds. The van der Waals surface area contributed by atoms with E-state index in [1.807, 2.05) is 0 Å². The largest absolute Gasteiger partial charge is 0.329 e. The van der Waals surface area contributed by atoms with E-state index in [1.54, 1.807) is 0 Å². The molecule has 1 aliphatic carbocycles. The summed E-state index contributed by atoms with van der Waals surface area (Å²) in [6.07, 6.45) is 14.0. The molecule has 2 N–H and O–H groups in total. The van der Waals surface area contributed by atoms with Gasteiger partial charge in [-0.3, -0.25) is 4.90 Å². The lowest BCUT2D eigenvalue weighted by Gasteiger charge is -2.30. The second-order valence-corrected chi connectivity index (χ2v) is 6.33. The van der Waals surface area contributed by atoms with Gasteiger partial charge in [-0.15, -0.1) is 0 Å². The van der Waals surface area contributed by atoms with Crippen LogP contribution in [0.1, 0.15) is 78.1 Å². The average molecular weight is 268 g/mol. The van der Waals surface area contributed by atoms with Crippen LogP contribution in [0.4, 0.5) is 0 Å². The fraction of sp³-hybridized carbons (Fsp3) is 1.00. The van der Waals surface area contributed by atoms with Crippen LogP contribution in [-0.4, -0.2) is 30.6 Å². The molecular weight excluding hydrogens is 232 g/mol. The quantitative estimate of drug-likeness (QED) is 0.508. The van der Waals surface area contributed by atoms with Crippen LogP contribution < -0.4 is 5.73 Å². The summed E-state index contributed by atoms with van der Waals surface area (Å²) in [5, 5.41) is 0. The zero-order valence-corrected chi connectivity index (χ0v) is 13.4. The fourth-order valence-corrected chi connectivity index (χ4v) is 2.96. The molecule has 19 heavy (non-hydrogen) atoms. The minimum Gasteiger partial charge on any atom is -0.329 e. The zero-order chi connectivity index (χ0) is 13.9. The number of likely N-dealkylation sites (N-methyl/N-ethyl adjacent to an activating group) is 1. The molecule has 1 atom stereocenters. The van der Waals surface area contributed by atoms with Crippen molar-refractivity contribution in [1.29, 1.82) is 0 Å². The van der Waals surface area contributed by atoms with Gasteiger partial charge in [0.1, 0.15) is 0 Å². The first-order valence-corrected chi connectivity index (χ1v) is 8.75. The highest BCUT2D eigenvalue weighted by atomic mass is 15.2. The lowest BCUT2D eigenvalue weighted by atomic mass is 10.0. The van der Waals surface area contributed by atoms with E-state index in [9.17, 15) is 0 Å². The van der Waals surface area contributed by atoms with Crippen LogP contribution in [0.2, 0.25) is 0 Å². The summed E-state index contributed by atoms with van der Waals surface area (Å²) in [4.78, 5) is 2.63. The van der Waals surface area contributed by atoms with Gasteiger partial charge in [-0.05, 0) is 31.7 Å². The van der Waals surface area contributed by atoms with Gasteiger partial charge in [0.2, 0.25) is 0 Å². The van der Waals surface area contributed by atoms with Gasteiger partial charge in [0.25, 0.3) is 0 Å². The van der Waals surface area contributed by atoms with Gasteiger partial charge >= 0.3 is 0 Å². The standard InChI is InChI=1S/C17H36N2/c1-3-5-6-7-8-9-10-11-17(14-18)19(4-2)15-16-12-13-16/h16-17H,3-15,18H2,1-2H3. The molecule has 0 heterocycles. The SMILES string of the molecule is CCCCCCCCCC(CN)N(CC)CC1CC1. The number of rotatable bonds is 13. The van der Waals surface area contributed by atoms with E-state index in [0.717, 1.165) is 12.5 Å². The van der Waals surface area contributed by atoms with Crippen molar-refractivity contribution in [2.45, 2.75) is 84.1 Å². The van der Waals surface area contributed by atoms with E-state index >= 15 is 0 Å². The molecule has 1 fully saturated rings. The molecule has 0 spiro atoms. The van der Waals surface area contributed by atoms with Crippen molar-refractivity contribution in [1.82, 2.24) is 4.90 Å². The lowest BCUT2D eigenvalue weighted by molar-refractivity contribution is 0.189. The number of hydrogen-bond donors (Lipinski definition) is 1. The van der Waals surface area contributed by atoms with E-state index in [-0.39, 0.29) is 0 Å². The molecule has 0 aromatic heterocycles. The molecule has 1 unspecified atom stereocenters. The summed E-state index contributed by atoms with van der Waals surface area (Å²) in [6, 6.07) is 0.640. The first kappa shape index (κ1) is 17.0. The molecule has 1 aliphatic rings. The van der Waals surface area contributed by atoms with Crippen LogP contribution in [0.5, 0.6) is 0 Å². The van der Waals surface area contributed by atoms with Crippen molar-refractivity contribution >= 4 is 0 Å².